The Hall–Kier alpha value is -1.39. The molecule has 2 N–H and O–H groups in total. The van der Waals surface area contributed by atoms with Gasteiger partial charge in [-0.15, -0.1) is 0 Å². The number of aliphatic hydroxyl groups is 1. The van der Waals surface area contributed by atoms with E-state index in [4.69, 9.17) is 0 Å². The van der Waals surface area contributed by atoms with E-state index in [-0.39, 0.29) is 0 Å². The van der Waals surface area contributed by atoms with Crippen LogP contribution >= 0.6 is 0 Å². The van der Waals surface area contributed by atoms with E-state index in [1.807, 2.05) is 25.1 Å². The van der Waals surface area contributed by atoms with Gasteiger partial charge < -0.3 is 10.1 Å². The van der Waals surface area contributed by atoms with Crippen molar-refractivity contribution in [2.45, 2.75) is 45.8 Å². The molecule has 4 nitrogen and oxygen atoms in total. The van der Waals surface area contributed by atoms with Crippen LogP contribution in [0.2, 0.25) is 0 Å². The van der Waals surface area contributed by atoms with Gasteiger partial charge in [0, 0.05) is 19.0 Å². The molecule has 4 heteroatoms. The maximum absolute atomic E-state index is 10.6. The number of hydrogen-bond donors (Lipinski definition) is 2. The van der Waals surface area contributed by atoms with E-state index in [1.54, 1.807) is 0 Å². The number of rotatable bonds is 4. The lowest BCUT2D eigenvalue weighted by Gasteiger charge is -2.43. The van der Waals surface area contributed by atoms with Gasteiger partial charge in [-0.05, 0) is 37.8 Å². The van der Waals surface area contributed by atoms with E-state index in [0.717, 1.165) is 49.3 Å². The van der Waals surface area contributed by atoms with Crippen LogP contribution in [0.15, 0.2) is 24.3 Å². The number of nitrogens with one attached hydrogen (secondary N) is 1. The van der Waals surface area contributed by atoms with Gasteiger partial charge in [0.05, 0.1) is 23.2 Å². The lowest BCUT2D eigenvalue weighted by atomic mass is 9.78. The molecule has 0 unspecified atom stereocenters. The van der Waals surface area contributed by atoms with Crippen molar-refractivity contribution in [3.63, 3.8) is 0 Å². The molecule has 0 saturated carbocycles. The zero-order valence-corrected chi connectivity index (χ0v) is 13.8. The van der Waals surface area contributed by atoms with Crippen LogP contribution in [0, 0.1) is 11.8 Å². The number of aromatic amines is 1. The number of piperidine rings is 1. The topological polar surface area (TPSA) is 52.2 Å². The van der Waals surface area contributed by atoms with Crippen molar-refractivity contribution in [1.29, 1.82) is 0 Å². The van der Waals surface area contributed by atoms with Crippen molar-refractivity contribution in [3.05, 3.63) is 30.1 Å². The molecule has 0 radical (unpaired) electrons. The molecule has 2 aromatic rings. The van der Waals surface area contributed by atoms with E-state index >= 15 is 0 Å². The monoisotopic (exact) mass is 301 g/mol. The lowest BCUT2D eigenvalue weighted by molar-refractivity contribution is -0.0668. The van der Waals surface area contributed by atoms with E-state index in [1.165, 1.54) is 0 Å². The zero-order chi connectivity index (χ0) is 15.7. The van der Waals surface area contributed by atoms with Crippen LogP contribution < -0.4 is 0 Å². The third-order valence-electron chi connectivity index (χ3n) is 4.86. The van der Waals surface area contributed by atoms with E-state index in [2.05, 4.69) is 34.8 Å². The highest BCUT2D eigenvalue weighted by atomic mass is 16.3. The van der Waals surface area contributed by atoms with Gasteiger partial charge in [-0.3, -0.25) is 4.90 Å². The van der Waals surface area contributed by atoms with Crippen molar-refractivity contribution >= 4 is 11.0 Å². The second kappa shape index (κ2) is 6.01. The van der Waals surface area contributed by atoms with Gasteiger partial charge in [0.1, 0.15) is 5.82 Å². The molecule has 1 aromatic carbocycles. The quantitative estimate of drug-likeness (QED) is 0.912. The highest BCUT2D eigenvalue weighted by molar-refractivity contribution is 5.74. The number of likely N-dealkylation sites (tertiary alicyclic amines) is 1. The number of para-hydroxylation sites is 2. The number of aromatic nitrogens is 2. The Kier molecular flexibility index (Phi) is 4.24. The van der Waals surface area contributed by atoms with Gasteiger partial charge in [-0.2, -0.15) is 0 Å². The molecule has 2 atom stereocenters. The van der Waals surface area contributed by atoms with E-state index in [9.17, 15) is 5.11 Å². The van der Waals surface area contributed by atoms with Gasteiger partial charge in [-0.25, -0.2) is 4.98 Å². The Morgan fingerprint density at radius 1 is 1.41 bits per heavy atom. The lowest BCUT2D eigenvalue weighted by Crippen LogP contribution is -2.50. The molecule has 1 aliphatic rings. The first kappa shape index (κ1) is 15.5. The van der Waals surface area contributed by atoms with Gasteiger partial charge in [0.15, 0.2) is 0 Å². The largest absolute Gasteiger partial charge is 0.390 e. The fourth-order valence-corrected chi connectivity index (χ4v) is 3.52. The molecule has 1 aromatic heterocycles. The normalized spacial score (nSPS) is 26.9. The van der Waals surface area contributed by atoms with E-state index < -0.39 is 5.60 Å². The minimum atomic E-state index is -0.533. The maximum Gasteiger partial charge on any atom is 0.121 e. The van der Waals surface area contributed by atoms with Crippen LogP contribution in [-0.2, 0) is 6.54 Å². The second-order valence-electron chi connectivity index (χ2n) is 7.37. The van der Waals surface area contributed by atoms with Gasteiger partial charge in [0.2, 0.25) is 0 Å². The van der Waals surface area contributed by atoms with Crippen LogP contribution in [-0.4, -0.2) is 38.7 Å². The van der Waals surface area contributed by atoms with Crippen LogP contribution in [0.1, 0.15) is 39.4 Å². The molecule has 120 valence electrons. The fraction of sp³-hybridized carbons (Fsp3) is 0.611. The molecule has 0 spiro atoms. The number of hydrogen-bond acceptors (Lipinski definition) is 3. The minimum absolute atomic E-state index is 0.339. The summed E-state index contributed by atoms with van der Waals surface area (Å²) in [6, 6.07) is 8.15. The molecule has 1 saturated heterocycles. The van der Waals surface area contributed by atoms with Crippen LogP contribution in [0.3, 0.4) is 0 Å². The molecular formula is C18H27N3O. The molecule has 1 fully saturated rings. The standard InChI is InChI=1S/C18H27N3O/c1-13(2)10-14-11-21(9-8-18(14,3)22)12-17-19-15-6-4-5-7-16(15)20-17/h4-7,13-14,22H,8-12H2,1-3H3,(H,19,20)/t14-,18+/m0/s1. The number of benzene rings is 1. The number of fused-ring (bicyclic) bond motifs is 1. The number of H-pyrrole nitrogens is 1. The Morgan fingerprint density at radius 2 is 2.18 bits per heavy atom. The minimum Gasteiger partial charge on any atom is -0.390 e. The van der Waals surface area contributed by atoms with Crippen molar-refractivity contribution < 1.29 is 5.11 Å². The smallest absolute Gasteiger partial charge is 0.121 e. The van der Waals surface area contributed by atoms with Crippen molar-refractivity contribution in [2.75, 3.05) is 13.1 Å². The fourth-order valence-electron chi connectivity index (χ4n) is 3.52. The first-order valence-electron chi connectivity index (χ1n) is 8.32. The highest BCUT2D eigenvalue weighted by Gasteiger charge is 2.37. The molecular weight excluding hydrogens is 274 g/mol. The first-order chi connectivity index (χ1) is 10.4. The zero-order valence-electron chi connectivity index (χ0n) is 13.8. The summed E-state index contributed by atoms with van der Waals surface area (Å²) in [6.07, 6.45) is 1.91. The Bertz CT molecular complexity index is 599. The van der Waals surface area contributed by atoms with Crippen LogP contribution in [0.5, 0.6) is 0 Å². The van der Waals surface area contributed by atoms with Crippen molar-refractivity contribution in [3.8, 4) is 0 Å². The molecule has 0 bridgehead atoms. The molecule has 3 rings (SSSR count). The summed E-state index contributed by atoms with van der Waals surface area (Å²) >= 11 is 0. The third kappa shape index (κ3) is 3.33. The summed E-state index contributed by atoms with van der Waals surface area (Å²) in [4.78, 5) is 10.5. The SMILES string of the molecule is CC(C)C[C@H]1CN(Cc2nc3ccccc3[nH]2)CC[C@@]1(C)O. The summed E-state index contributed by atoms with van der Waals surface area (Å²) in [6.45, 7) is 9.17. The van der Waals surface area contributed by atoms with Crippen LogP contribution in [0.25, 0.3) is 11.0 Å². The highest BCUT2D eigenvalue weighted by Crippen LogP contribution is 2.32. The Morgan fingerprint density at radius 3 is 2.91 bits per heavy atom. The second-order valence-corrected chi connectivity index (χ2v) is 7.37. The molecule has 0 amide bonds. The first-order valence-corrected chi connectivity index (χ1v) is 8.32. The van der Waals surface area contributed by atoms with Crippen LogP contribution in [0.4, 0.5) is 0 Å². The predicted octanol–water partition coefficient (Wildman–Crippen LogP) is 3.18. The van der Waals surface area contributed by atoms with Crippen molar-refractivity contribution in [2.24, 2.45) is 11.8 Å². The summed E-state index contributed by atoms with van der Waals surface area (Å²) in [7, 11) is 0. The average Bonchev–Trinajstić information content (AvgIpc) is 2.84. The molecule has 22 heavy (non-hydrogen) atoms. The van der Waals surface area contributed by atoms with Gasteiger partial charge in [0.25, 0.3) is 0 Å². The van der Waals surface area contributed by atoms with Gasteiger partial charge >= 0.3 is 0 Å². The summed E-state index contributed by atoms with van der Waals surface area (Å²) in [5, 5.41) is 10.6. The molecule has 1 aliphatic heterocycles. The summed E-state index contributed by atoms with van der Waals surface area (Å²) < 4.78 is 0. The van der Waals surface area contributed by atoms with Gasteiger partial charge in [-0.1, -0.05) is 26.0 Å². The molecule has 2 heterocycles. The number of imidazole rings is 1. The number of nitrogens with zero attached hydrogens (tertiary/aromatic N) is 2. The average molecular weight is 301 g/mol. The van der Waals surface area contributed by atoms with Crippen molar-refractivity contribution in [1.82, 2.24) is 14.9 Å². The molecule has 0 aliphatic carbocycles. The third-order valence-corrected chi connectivity index (χ3v) is 4.86. The van der Waals surface area contributed by atoms with E-state index in [0.29, 0.717) is 11.8 Å². The summed E-state index contributed by atoms with van der Waals surface area (Å²) in [5.41, 5.74) is 1.59. The maximum atomic E-state index is 10.6. The Labute approximate surface area is 132 Å². The predicted molar refractivity (Wildman–Crippen MR) is 89.6 cm³/mol. The summed E-state index contributed by atoms with van der Waals surface area (Å²) in [5.74, 6) is 1.97. The Balaban J connectivity index is 1.70.